The minimum absolute atomic E-state index is 0.0678. The summed E-state index contributed by atoms with van der Waals surface area (Å²) in [6.07, 6.45) is 0. The van der Waals surface area contributed by atoms with Crippen molar-refractivity contribution in [1.82, 2.24) is 15.1 Å². The molecule has 1 fully saturated rings. The van der Waals surface area contributed by atoms with E-state index in [4.69, 9.17) is 9.15 Å². The lowest BCUT2D eigenvalue weighted by atomic mass is 10.2. The van der Waals surface area contributed by atoms with Crippen molar-refractivity contribution in [2.24, 2.45) is 0 Å². The molecule has 1 aliphatic rings. The van der Waals surface area contributed by atoms with Crippen LogP contribution >= 0.6 is 23.5 Å². The van der Waals surface area contributed by atoms with Crippen LogP contribution in [0.4, 0.5) is 4.39 Å². The third kappa shape index (κ3) is 4.36. The van der Waals surface area contributed by atoms with E-state index < -0.39 is 5.82 Å². The molecule has 0 aliphatic carbocycles. The molecular weight excluding hydrogens is 381 g/mol. The third-order valence-electron chi connectivity index (χ3n) is 3.71. The molecule has 1 aliphatic heterocycles. The van der Waals surface area contributed by atoms with Crippen LogP contribution in [0.2, 0.25) is 0 Å². The van der Waals surface area contributed by atoms with Gasteiger partial charge in [0.2, 0.25) is 5.91 Å². The number of rotatable bonds is 5. The highest BCUT2D eigenvalue weighted by Crippen LogP contribution is 2.26. The van der Waals surface area contributed by atoms with Gasteiger partial charge in [0.1, 0.15) is 11.1 Å². The Morgan fingerprint density at radius 3 is 3.00 bits per heavy atom. The van der Waals surface area contributed by atoms with Gasteiger partial charge in [-0.1, -0.05) is 23.9 Å². The van der Waals surface area contributed by atoms with E-state index in [1.165, 1.54) is 24.9 Å². The number of aromatic nitrogens is 2. The molecule has 26 heavy (non-hydrogen) atoms. The van der Waals surface area contributed by atoms with Crippen LogP contribution in [-0.4, -0.2) is 63.9 Å². The Labute approximate surface area is 157 Å². The molecule has 1 saturated heterocycles. The molecule has 0 spiro atoms. The summed E-state index contributed by atoms with van der Waals surface area (Å²) in [4.78, 5) is 25.6. The highest BCUT2D eigenvalue weighted by atomic mass is 32.2. The summed E-state index contributed by atoms with van der Waals surface area (Å²) in [5, 5.41) is 7.48. The fourth-order valence-corrected chi connectivity index (χ4v) is 4.17. The molecule has 1 aromatic heterocycles. The molecule has 1 aromatic carbocycles. The van der Waals surface area contributed by atoms with Crippen LogP contribution in [0.1, 0.15) is 0 Å². The topological polar surface area (TPSA) is 85.5 Å². The number of methoxy groups -OCH3 is 1. The number of carbonyl (C=O) groups excluding carboxylic acids is 2. The number of amides is 1. The van der Waals surface area contributed by atoms with Gasteiger partial charge in [0, 0.05) is 18.8 Å². The highest BCUT2D eigenvalue weighted by molar-refractivity contribution is 8.00. The Morgan fingerprint density at radius 2 is 2.23 bits per heavy atom. The minimum Gasteiger partial charge on any atom is -0.468 e. The van der Waals surface area contributed by atoms with Crippen molar-refractivity contribution in [2.75, 3.05) is 31.7 Å². The van der Waals surface area contributed by atoms with Crippen LogP contribution in [0.3, 0.4) is 0 Å². The number of ether oxygens (including phenoxy) is 1. The van der Waals surface area contributed by atoms with Gasteiger partial charge in [-0.2, -0.15) is 0 Å². The summed E-state index contributed by atoms with van der Waals surface area (Å²) in [7, 11) is 1.34. The Hall–Kier alpha value is -2.07. The molecule has 1 amide bonds. The number of carbonyl (C=O) groups is 2. The van der Waals surface area contributed by atoms with Gasteiger partial charge in [-0.3, -0.25) is 9.59 Å². The molecular formula is C16H16FN3O4S2. The van der Waals surface area contributed by atoms with Crippen molar-refractivity contribution in [1.29, 1.82) is 0 Å². The fraction of sp³-hybridized carbons (Fsp3) is 0.375. The minimum atomic E-state index is -0.455. The van der Waals surface area contributed by atoms with Crippen molar-refractivity contribution in [2.45, 2.75) is 10.5 Å². The number of esters is 1. The van der Waals surface area contributed by atoms with Gasteiger partial charge in [0.15, 0.2) is 0 Å². The number of hydrogen-bond donors (Lipinski definition) is 0. The number of nitrogens with zero attached hydrogens (tertiary/aromatic N) is 3. The maximum Gasteiger partial charge on any atom is 0.320 e. The second kappa shape index (κ2) is 8.54. The second-order valence-corrected chi connectivity index (χ2v) is 7.60. The molecule has 10 heteroatoms. The van der Waals surface area contributed by atoms with Crippen LogP contribution < -0.4 is 0 Å². The summed E-state index contributed by atoms with van der Waals surface area (Å²) in [6.45, 7) is 0.892. The summed E-state index contributed by atoms with van der Waals surface area (Å²) in [6, 6.07) is 6.09. The van der Waals surface area contributed by atoms with Crippen LogP contribution in [0.15, 0.2) is 33.9 Å². The molecule has 0 bridgehead atoms. The lowest BCUT2D eigenvalue weighted by Gasteiger charge is -2.30. The summed E-state index contributed by atoms with van der Waals surface area (Å²) >= 11 is 2.56. The average molecular weight is 397 g/mol. The molecule has 0 N–H and O–H groups in total. The van der Waals surface area contributed by atoms with E-state index in [1.807, 2.05) is 0 Å². The van der Waals surface area contributed by atoms with E-state index >= 15 is 0 Å². The number of thioether (sulfide) groups is 2. The van der Waals surface area contributed by atoms with Gasteiger partial charge in [-0.05, 0) is 12.1 Å². The first-order valence-corrected chi connectivity index (χ1v) is 9.80. The average Bonchev–Trinajstić information content (AvgIpc) is 3.14. The predicted octanol–water partition coefficient (Wildman–Crippen LogP) is 2.08. The van der Waals surface area contributed by atoms with Crippen molar-refractivity contribution in [3.63, 3.8) is 0 Å². The smallest absolute Gasteiger partial charge is 0.320 e. The Balaban J connectivity index is 1.57. The molecule has 138 valence electrons. The standard InChI is InChI=1S/C16H16FN3O4S2/c1-23-15(22)12-8-20(6-7-25-12)13(21)9-26-16-19-18-14(24-16)10-4-2-3-5-11(10)17/h2-5,12H,6-9H2,1H3/t12-/m0/s1. The van der Waals surface area contributed by atoms with Gasteiger partial charge in [0.05, 0.1) is 18.4 Å². The maximum absolute atomic E-state index is 13.7. The monoisotopic (exact) mass is 397 g/mol. The number of halogens is 1. The van der Waals surface area contributed by atoms with E-state index in [-0.39, 0.29) is 39.6 Å². The van der Waals surface area contributed by atoms with E-state index in [0.29, 0.717) is 18.8 Å². The number of hydrogen-bond acceptors (Lipinski definition) is 8. The van der Waals surface area contributed by atoms with Gasteiger partial charge in [-0.25, -0.2) is 4.39 Å². The predicted molar refractivity (Wildman–Crippen MR) is 95.3 cm³/mol. The summed E-state index contributed by atoms with van der Waals surface area (Å²) < 4.78 is 23.9. The zero-order valence-corrected chi connectivity index (χ0v) is 15.5. The molecule has 0 radical (unpaired) electrons. The Morgan fingerprint density at radius 1 is 1.42 bits per heavy atom. The van der Waals surface area contributed by atoms with E-state index in [9.17, 15) is 14.0 Å². The number of benzene rings is 1. The Kier molecular flexibility index (Phi) is 6.15. The molecule has 1 atom stereocenters. The third-order valence-corrected chi connectivity index (χ3v) is 5.68. The molecule has 2 heterocycles. The fourth-order valence-electron chi connectivity index (χ4n) is 2.38. The molecule has 0 unspecified atom stereocenters. The normalized spacial score (nSPS) is 17.2. The second-order valence-electron chi connectivity index (χ2n) is 5.36. The maximum atomic E-state index is 13.7. The highest BCUT2D eigenvalue weighted by Gasteiger charge is 2.29. The molecule has 0 saturated carbocycles. The molecule has 2 aromatic rings. The first-order valence-electron chi connectivity index (χ1n) is 7.77. The van der Waals surface area contributed by atoms with Crippen molar-refractivity contribution in [3.05, 3.63) is 30.1 Å². The van der Waals surface area contributed by atoms with E-state index in [2.05, 4.69) is 10.2 Å². The van der Waals surface area contributed by atoms with Gasteiger partial charge < -0.3 is 14.1 Å². The van der Waals surface area contributed by atoms with Gasteiger partial charge in [0.25, 0.3) is 11.1 Å². The zero-order valence-electron chi connectivity index (χ0n) is 13.9. The van der Waals surface area contributed by atoms with E-state index in [0.717, 1.165) is 11.8 Å². The molecule has 3 rings (SSSR count). The first-order chi connectivity index (χ1) is 12.6. The van der Waals surface area contributed by atoms with Crippen LogP contribution in [0.25, 0.3) is 11.5 Å². The van der Waals surface area contributed by atoms with Crippen molar-refractivity contribution in [3.8, 4) is 11.5 Å². The van der Waals surface area contributed by atoms with Gasteiger partial charge >= 0.3 is 5.97 Å². The van der Waals surface area contributed by atoms with Crippen LogP contribution in [0, 0.1) is 5.82 Å². The Bertz CT molecular complexity index is 801. The largest absolute Gasteiger partial charge is 0.468 e. The lowest BCUT2D eigenvalue weighted by Crippen LogP contribution is -2.45. The van der Waals surface area contributed by atoms with E-state index in [1.54, 1.807) is 23.1 Å². The SMILES string of the molecule is COC(=O)[C@@H]1CN(C(=O)CSc2nnc(-c3ccccc3F)o2)CCS1. The summed E-state index contributed by atoms with van der Waals surface area (Å²) in [5.74, 6) is -0.0749. The lowest BCUT2D eigenvalue weighted by molar-refractivity contribution is -0.141. The molecule has 7 nitrogen and oxygen atoms in total. The van der Waals surface area contributed by atoms with Crippen molar-refractivity contribution >= 4 is 35.4 Å². The quantitative estimate of drug-likeness (QED) is 0.560. The van der Waals surface area contributed by atoms with Crippen LogP contribution in [0.5, 0.6) is 0 Å². The van der Waals surface area contributed by atoms with Crippen molar-refractivity contribution < 1.29 is 23.1 Å². The first kappa shape index (κ1) is 18.7. The summed E-state index contributed by atoms with van der Waals surface area (Å²) in [5.41, 5.74) is 0.215. The van der Waals surface area contributed by atoms with Gasteiger partial charge in [-0.15, -0.1) is 22.0 Å². The zero-order chi connectivity index (χ0) is 18.5. The van der Waals surface area contributed by atoms with Crippen LogP contribution in [-0.2, 0) is 14.3 Å².